The summed E-state index contributed by atoms with van der Waals surface area (Å²) in [6.45, 7) is 6.68. The lowest BCUT2D eigenvalue weighted by Gasteiger charge is -2.03. The van der Waals surface area contributed by atoms with Crippen molar-refractivity contribution in [2.24, 2.45) is 0 Å². The lowest BCUT2D eigenvalue weighted by Crippen LogP contribution is -2.28. The summed E-state index contributed by atoms with van der Waals surface area (Å²) >= 11 is 0. The van der Waals surface area contributed by atoms with Gasteiger partial charge in [0, 0.05) is 13.1 Å². The van der Waals surface area contributed by atoms with E-state index in [1.807, 2.05) is 6.92 Å². The molecule has 6 nitrogen and oxygen atoms in total. The number of nitrogens with one attached hydrogen (secondary N) is 2. The standard InChI is InChI=1S/C11H21N5O/c1-3-5-6-13-11(17)9-16-8-10(14-15-16)7-12-4-2/h8,12H,3-7,9H2,1-2H3,(H,13,17). The first-order valence-corrected chi connectivity index (χ1v) is 6.12. The van der Waals surface area contributed by atoms with Gasteiger partial charge >= 0.3 is 0 Å². The van der Waals surface area contributed by atoms with Crippen LogP contribution in [-0.2, 0) is 17.9 Å². The molecule has 1 amide bonds. The normalized spacial score (nSPS) is 10.5. The molecule has 1 heterocycles. The molecule has 1 aromatic heterocycles. The maximum absolute atomic E-state index is 11.5. The minimum Gasteiger partial charge on any atom is -0.354 e. The van der Waals surface area contributed by atoms with Crippen molar-refractivity contribution < 1.29 is 4.79 Å². The first-order chi connectivity index (χ1) is 8.26. The second kappa shape index (κ2) is 7.78. The van der Waals surface area contributed by atoms with Gasteiger partial charge in [0.15, 0.2) is 0 Å². The van der Waals surface area contributed by atoms with Gasteiger partial charge in [-0.3, -0.25) is 4.79 Å². The van der Waals surface area contributed by atoms with Gasteiger partial charge in [-0.05, 0) is 13.0 Å². The molecule has 0 aliphatic carbocycles. The molecule has 0 aromatic carbocycles. The van der Waals surface area contributed by atoms with Crippen LogP contribution in [0, 0.1) is 0 Å². The number of carbonyl (C=O) groups is 1. The van der Waals surface area contributed by atoms with Crippen LogP contribution in [0.2, 0.25) is 0 Å². The van der Waals surface area contributed by atoms with Crippen LogP contribution >= 0.6 is 0 Å². The number of nitrogens with zero attached hydrogens (tertiary/aromatic N) is 3. The van der Waals surface area contributed by atoms with Crippen molar-refractivity contribution in [3.8, 4) is 0 Å². The Morgan fingerprint density at radius 3 is 3.00 bits per heavy atom. The molecule has 0 saturated heterocycles. The van der Waals surface area contributed by atoms with E-state index >= 15 is 0 Å². The molecular weight excluding hydrogens is 218 g/mol. The predicted octanol–water partition coefficient (Wildman–Crippen LogP) is 0.304. The smallest absolute Gasteiger partial charge is 0.241 e. The molecule has 0 aliphatic heterocycles. The summed E-state index contributed by atoms with van der Waals surface area (Å²) < 4.78 is 1.56. The summed E-state index contributed by atoms with van der Waals surface area (Å²) in [7, 11) is 0. The van der Waals surface area contributed by atoms with E-state index in [2.05, 4.69) is 27.9 Å². The van der Waals surface area contributed by atoms with Crippen molar-refractivity contribution >= 4 is 5.91 Å². The highest BCUT2D eigenvalue weighted by Crippen LogP contribution is 1.92. The molecule has 0 fully saturated rings. The minimum atomic E-state index is -0.0154. The number of aromatic nitrogens is 3. The first kappa shape index (κ1) is 13.6. The second-order valence-electron chi connectivity index (χ2n) is 3.89. The first-order valence-electron chi connectivity index (χ1n) is 6.12. The Morgan fingerprint density at radius 2 is 2.29 bits per heavy atom. The van der Waals surface area contributed by atoms with E-state index in [1.54, 1.807) is 10.9 Å². The summed E-state index contributed by atoms with van der Waals surface area (Å²) in [6.07, 6.45) is 3.88. The van der Waals surface area contributed by atoms with Gasteiger partial charge in [-0.1, -0.05) is 25.5 Å². The Kier molecular flexibility index (Phi) is 6.24. The topological polar surface area (TPSA) is 71.8 Å². The fourth-order valence-corrected chi connectivity index (χ4v) is 1.36. The van der Waals surface area contributed by atoms with Gasteiger partial charge in [0.2, 0.25) is 5.91 Å². The van der Waals surface area contributed by atoms with Crippen LogP contribution in [0.4, 0.5) is 0 Å². The lowest BCUT2D eigenvalue weighted by atomic mass is 10.3. The van der Waals surface area contributed by atoms with Crippen LogP contribution in [0.3, 0.4) is 0 Å². The van der Waals surface area contributed by atoms with E-state index in [4.69, 9.17) is 0 Å². The van der Waals surface area contributed by atoms with E-state index < -0.39 is 0 Å². The molecule has 96 valence electrons. The number of hydrogen-bond acceptors (Lipinski definition) is 4. The number of amides is 1. The Balaban J connectivity index is 2.30. The fraction of sp³-hybridized carbons (Fsp3) is 0.727. The molecular formula is C11H21N5O. The van der Waals surface area contributed by atoms with Crippen LogP contribution in [0.5, 0.6) is 0 Å². The number of hydrogen-bond donors (Lipinski definition) is 2. The van der Waals surface area contributed by atoms with Gasteiger partial charge in [-0.15, -0.1) is 5.10 Å². The zero-order valence-corrected chi connectivity index (χ0v) is 10.6. The molecule has 0 aliphatic rings. The third-order valence-corrected chi connectivity index (χ3v) is 2.30. The van der Waals surface area contributed by atoms with Crippen molar-refractivity contribution in [3.63, 3.8) is 0 Å². The molecule has 17 heavy (non-hydrogen) atoms. The Morgan fingerprint density at radius 1 is 1.47 bits per heavy atom. The lowest BCUT2D eigenvalue weighted by molar-refractivity contribution is -0.121. The molecule has 0 atom stereocenters. The van der Waals surface area contributed by atoms with E-state index in [9.17, 15) is 4.79 Å². The van der Waals surface area contributed by atoms with Gasteiger partial charge in [0.25, 0.3) is 0 Å². The Bertz CT molecular complexity index is 336. The van der Waals surface area contributed by atoms with Crippen molar-refractivity contribution in [2.45, 2.75) is 39.8 Å². The van der Waals surface area contributed by atoms with E-state index in [0.29, 0.717) is 6.54 Å². The van der Waals surface area contributed by atoms with E-state index in [0.717, 1.165) is 31.6 Å². The maximum Gasteiger partial charge on any atom is 0.241 e. The van der Waals surface area contributed by atoms with E-state index in [-0.39, 0.29) is 12.5 Å². The number of rotatable bonds is 8. The molecule has 1 rings (SSSR count). The highest BCUT2D eigenvalue weighted by molar-refractivity contribution is 5.75. The zero-order valence-electron chi connectivity index (χ0n) is 10.6. The number of carbonyl (C=O) groups excluding carboxylic acids is 1. The monoisotopic (exact) mass is 239 g/mol. The van der Waals surface area contributed by atoms with Crippen LogP contribution < -0.4 is 10.6 Å². The zero-order chi connectivity index (χ0) is 12.5. The summed E-state index contributed by atoms with van der Waals surface area (Å²) in [6, 6.07) is 0. The van der Waals surface area contributed by atoms with Crippen molar-refractivity contribution in [1.82, 2.24) is 25.6 Å². The quantitative estimate of drug-likeness (QED) is 0.640. The number of unbranched alkanes of at least 4 members (excludes halogenated alkanes) is 1. The SMILES string of the molecule is CCCCNC(=O)Cn1cc(CNCC)nn1. The average molecular weight is 239 g/mol. The van der Waals surface area contributed by atoms with Crippen LogP contribution in [-0.4, -0.2) is 34.0 Å². The van der Waals surface area contributed by atoms with Crippen LogP contribution in [0.1, 0.15) is 32.4 Å². The average Bonchev–Trinajstić information content (AvgIpc) is 2.74. The van der Waals surface area contributed by atoms with Gasteiger partial charge in [0.05, 0.1) is 11.9 Å². The highest BCUT2D eigenvalue weighted by Gasteiger charge is 2.04. The fourth-order valence-electron chi connectivity index (χ4n) is 1.36. The summed E-state index contributed by atoms with van der Waals surface area (Å²) in [5, 5.41) is 13.9. The maximum atomic E-state index is 11.5. The second-order valence-corrected chi connectivity index (χ2v) is 3.89. The van der Waals surface area contributed by atoms with Crippen molar-refractivity contribution in [2.75, 3.05) is 13.1 Å². The van der Waals surface area contributed by atoms with Crippen LogP contribution in [0.15, 0.2) is 6.20 Å². The highest BCUT2D eigenvalue weighted by atomic mass is 16.2. The molecule has 0 radical (unpaired) electrons. The Labute approximate surface area is 102 Å². The molecule has 0 bridgehead atoms. The predicted molar refractivity (Wildman–Crippen MR) is 65.3 cm³/mol. The van der Waals surface area contributed by atoms with Gasteiger partial charge in [-0.25, -0.2) is 4.68 Å². The summed E-state index contributed by atoms with van der Waals surface area (Å²) in [5.41, 5.74) is 0.855. The molecule has 6 heteroatoms. The van der Waals surface area contributed by atoms with E-state index in [1.165, 1.54) is 0 Å². The molecule has 0 unspecified atom stereocenters. The third-order valence-electron chi connectivity index (χ3n) is 2.30. The Hall–Kier alpha value is -1.43. The van der Waals surface area contributed by atoms with Gasteiger partial charge in [0.1, 0.15) is 6.54 Å². The third kappa shape index (κ3) is 5.44. The summed E-state index contributed by atoms with van der Waals surface area (Å²) in [5.74, 6) is -0.0154. The molecule has 2 N–H and O–H groups in total. The van der Waals surface area contributed by atoms with Gasteiger partial charge < -0.3 is 10.6 Å². The van der Waals surface area contributed by atoms with Crippen LogP contribution in [0.25, 0.3) is 0 Å². The molecule has 0 spiro atoms. The minimum absolute atomic E-state index is 0.0154. The van der Waals surface area contributed by atoms with Crippen molar-refractivity contribution in [1.29, 1.82) is 0 Å². The summed E-state index contributed by atoms with van der Waals surface area (Å²) in [4.78, 5) is 11.5. The largest absolute Gasteiger partial charge is 0.354 e. The van der Waals surface area contributed by atoms with Crippen molar-refractivity contribution in [3.05, 3.63) is 11.9 Å². The van der Waals surface area contributed by atoms with Gasteiger partial charge in [-0.2, -0.15) is 0 Å². The molecule has 1 aromatic rings. The molecule has 0 saturated carbocycles.